The van der Waals surface area contributed by atoms with Crippen molar-refractivity contribution in [2.24, 2.45) is 16.0 Å². The van der Waals surface area contributed by atoms with E-state index in [0.29, 0.717) is 0 Å². The minimum absolute atomic E-state index is 0.775. The van der Waals surface area contributed by atoms with Gasteiger partial charge in [-0.2, -0.15) is 15.5 Å². The van der Waals surface area contributed by atoms with E-state index in [0.717, 1.165) is 0 Å². The molecule has 0 aliphatic rings. The van der Waals surface area contributed by atoms with E-state index in [1.54, 1.807) is 6.07 Å². The van der Waals surface area contributed by atoms with Gasteiger partial charge in [0.2, 0.25) is 6.04 Å². The van der Waals surface area contributed by atoms with Gasteiger partial charge in [0.15, 0.2) is 0 Å². The zero-order valence-electron chi connectivity index (χ0n) is 4.90. The summed E-state index contributed by atoms with van der Waals surface area (Å²) in [4.78, 5) is 10.2. The van der Waals surface area contributed by atoms with Crippen molar-refractivity contribution >= 4 is 5.91 Å². The van der Waals surface area contributed by atoms with Gasteiger partial charge in [0, 0.05) is 7.05 Å². The molecule has 9 heavy (non-hydrogen) atoms. The summed E-state index contributed by atoms with van der Waals surface area (Å²) in [5.41, 5.74) is 4.72. The van der Waals surface area contributed by atoms with Crippen LogP contribution < -0.4 is 5.73 Å². The zero-order chi connectivity index (χ0) is 7.28. The molecule has 0 fully saturated rings. The lowest BCUT2D eigenvalue weighted by molar-refractivity contribution is -0.118. The molecule has 0 saturated heterocycles. The second kappa shape index (κ2) is 3.55. The van der Waals surface area contributed by atoms with Crippen LogP contribution >= 0.6 is 0 Å². The Morgan fingerprint density at radius 1 is 1.89 bits per heavy atom. The van der Waals surface area contributed by atoms with Gasteiger partial charge in [0.05, 0.1) is 0 Å². The van der Waals surface area contributed by atoms with Crippen LogP contribution in [0.3, 0.4) is 0 Å². The van der Waals surface area contributed by atoms with Gasteiger partial charge in [-0.1, -0.05) is 0 Å². The summed E-state index contributed by atoms with van der Waals surface area (Å²) in [5, 5.41) is 14.6. The molecule has 1 unspecified atom stereocenters. The van der Waals surface area contributed by atoms with Crippen molar-refractivity contribution in [3.63, 3.8) is 0 Å². The van der Waals surface area contributed by atoms with Crippen molar-refractivity contribution in [1.82, 2.24) is 0 Å². The highest BCUT2D eigenvalue weighted by Crippen LogP contribution is 1.85. The van der Waals surface area contributed by atoms with Crippen molar-refractivity contribution < 1.29 is 4.79 Å². The highest BCUT2D eigenvalue weighted by atomic mass is 16.1. The summed E-state index contributed by atoms with van der Waals surface area (Å²) >= 11 is 0. The molecular weight excluding hydrogens is 120 g/mol. The van der Waals surface area contributed by atoms with Gasteiger partial charge in [0.25, 0.3) is 5.91 Å². The van der Waals surface area contributed by atoms with Gasteiger partial charge >= 0.3 is 0 Å². The number of nitriles is 1. The number of hydrogen-bond donors (Lipinski definition) is 1. The average molecular weight is 126 g/mol. The fraction of sp³-hybridized carbons (Fsp3) is 0.500. The lowest BCUT2D eigenvalue weighted by Crippen LogP contribution is -2.24. The van der Waals surface area contributed by atoms with Crippen molar-refractivity contribution in [2.75, 3.05) is 7.05 Å². The Bertz CT molecular complexity index is 168. The van der Waals surface area contributed by atoms with Crippen LogP contribution in [0.15, 0.2) is 10.2 Å². The summed E-state index contributed by atoms with van der Waals surface area (Å²) in [7, 11) is 1.37. The lowest BCUT2D eigenvalue weighted by atomic mass is 10.3. The summed E-state index contributed by atoms with van der Waals surface area (Å²) in [6, 6.07) is 0.438. The first-order valence-corrected chi connectivity index (χ1v) is 2.20. The Morgan fingerprint density at radius 2 is 2.44 bits per heavy atom. The number of carbonyl (C=O) groups is 1. The molecule has 0 spiro atoms. The summed E-state index contributed by atoms with van der Waals surface area (Å²) in [5.74, 6) is -0.775. The predicted octanol–water partition coefficient (Wildman–Crippen LogP) is -0.554. The van der Waals surface area contributed by atoms with Crippen LogP contribution in [0.2, 0.25) is 0 Å². The van der Waals surface area contributed by atoms with Crippen molar-refractivity contribution in [2.45, 2.75) is 6.04 Å². The van der Waals surface area contributed by atoms with Crippen molar-refractivity contribution in [3.8, 4) is 6.07 Å². The topological polar surface area (TPSA) is 91.6 Å². The molecule has 1 amide bonds. The van der Waals surface area contributed by atoms with E-state index < -0.39 is 11.9 Å². The van der Waals surface area contributed by atoms with Crippen molar-refractivity contribution in [3.05, 3.63) is 0 Å². The molecule has 0 heterocycles. The SMILES string of the molecule is CN=NC(C#N)C(N)=O. The summed E-state index contributed by atoms with van der Waals surface area (Å²) < 4.78 is 0. The fourth-order valence-corrected chi connectivity index (χ4v) is 0.262. The number of rotatable bonds is 2. The van der Waals surface area contributed by atoms with Crippen LogP contribution in [0.4, 0.5) is 0 Å². The second-order valence-corrected chi connectivity index (χ2v) is 1.25. The quantitative estimate of drug-likeness (QED) is 0.502. The number of nitrogens with two attached hydrogens (primary N) is 1. The zero-order valence-corrected chi connectivity index (χ0v) is 4.90. The maximum atomic E-state index is 10.2. The van der Waals surface area contributed by atoms with Crippen LogP contribution in [0.5, 0.6) is 0 Å². The van der Waals surface area contributed by atoms with Gasteiger partial charge in [-0.25, -0.2) is 0 Å². The van der Waals surface area contributed by atoms with Crippen LogP contribution in [-0.4, -0.2) is 19.0 Å². The summed E-state index contributed by atoms with van der Waals surface area (Å²) in [6.45, 7) is 0. The lowest BCUT2D eigenvalue weighted by Gasteiger charge is -1.90. The summed E-state index contributed by atoms with van der Waals surface area (Å²) in [6.07, 6.45) is 0. The molecule has 5 heteroatoms. The maximum absolute atomic E-state index is 10.2. The Hall–Kier alpha value is -1.44. The molecule has 1 atom stereocenters. The van der Waals surface area contributed by atoms with Crippen LogP contribution in [0, 0.1) is 11.3 Å². The molecule has 48 valence electrons. The third-order valence-electron chi connectivity index (χ3n) is 0.623. The first-order valence-electron chi connectivity index (χ1n) is 2.20. The minimum Gasteiger partial charge on any atom is -0.367 e. The van der Waals surface area contributed by atoms with Crippen molar-refractivity contribution in [1.29, 1.82) is 5.26 Å². The Kier molecular flexibility index (Phi) is 2.98. The number of carbonyl (C=O) groups excluding carboxylic acids is 1. The molecule has 0 saturated carbocycles. The van der Waals surface area contributed by atoms with E-state index in [1.165, 1.54) is 7.05 Å². The Balaban J connectivity index is 4.04. The molecule has 0 radical (unpaired) electrons. The smallest absolute Gasteiger partial charge is 0.258 e. The largest absolute Gasteiger partial charge is 0.367 e. The monoisotopic (exact) mass is 126 g/mol. The molecule has 0 aromatic rings. The molecule has 0 aromatic heterocycles. The van der Waals surface area contributed by atoms with E-state index in [1.807, 2.05) is 0 Å². The molecule has 5 nitrogen and oxygen atoms in total. The first kappa shape index (κ1) is 7.56. The van der Waals surface area contributed by atoms with E-state index in [4.69, 9.17) is 11.0 Å². The third kappa shape index (κ3) is 2.39. The van der Waals surface area contributed by atoms with E-state index in [2.05, 4.69) is 10.2 Å². The molecule has 0 rings (SSSR count). The normalized spacial score (nSPS) is 12.9. The first-order chi connectivity index (χ1) is 4.22. The van der Waals surface area contributed by atoms with Crippen LogP contribution in [0.25, 0.3) is 0 Å². The number of hydrogen-bond acceptors (Lipinski definition) is 4. The second-order valence-electron chi connectivity index (χ2n) is 1.25. The molecule has 2 N–H and O–H groups in total. The van der Waals surface area contributed by atoms with E-state index >= 15 is 0 Å². The maximum Gasteiger partial charge on any atom is 0.258 e. The molecule has 0 aliphatic carbocycles. The standard InChI is InChI=1S/C4H6N4O/c1-7-8-3(2-5)4(6)9/h3H,1H3,(H2,6,9). The number of nitrogens with zero attached hydrogens (tertiary/aromatic N) is 3. The van der Waals surface area contributed by atoms with Gasteiger partial charge in [-0.05, 0) is 0 Å². The number of amides is 1. The predicted molar refractivity (Wildman–Crippen MR) is 29.4 cm³/mol. The molecular formula is C4H6N4O. The average Bonchev–Trinajstić information content (AvgIpc) is 1.82. The Labute approximate surface area is 52.2 Å². The van der Waals surface area contributed by atoms with Crippen LogP contribution in [0.1, 0.15) is 0 Å². The third-order valence-corrected chi connectivity index (χ3v) is 0.623. The fourth-order valence-electron chi connectivity index (χ4n) is 0.262. The minimum atomic E-state index is -1.13. The molecule has 0 aliphatic heterocycles. The van der Waals surface area contributed by atoms with Crippen LogP contribution in [-0.2, 0) is 4.79 Å². The van der Waals surface area contributed by atoms with Gasteiger partial charge < -0.3 is 5.73 Å². The number of azo groups is 1. The van der Waals surface area contributed by atoms with Gasteiger partial charge in [-0.15, -0.1) is 0 Å². The Morgan fingerprint density at radius 3 is 2.56 bits per heavy atom. The van der Waals surface area contributed by atoms with Gasteiger partial charge in [-0.3, -0.25) is 4.79 Å². The molecule has 0 bridgehead atoms. The van der Waals surface area contributed by atoms with Gasteiger partial charge in [0.1, 0.15) is 6.07 Å². The van der Waals surface area contributed by atoms with E-state index in [-0.39, 0.29) is 0 Å². The number of primary amides is 1. The van der Waals surface area contributed by atoms with E-state index in [9.17, 15) is 4.79 Å². The highest BCUT2D eigenvalue weighted by molar-refractivity contribution is 5.82. The highest BCUT2D eigenvalue weighted by Gasteiger charge is 2.10. The molecule has 0 aromatic carbocycles.